The molecule has 0 fully saturated rings. The van der Waals surface area contributed by atoms with E-state index < -0.39 is 10.0 Å². The number of nitrogens with one attached hydrogen (secondary N) is 2. The van der Waals surface area contributed by atoms with Gasteiger partial charge in [-0.05, 0) is 58.4 Å². The quantitative estimate of drug-likeness (QED) is 0.817. The van der Waals surface area contributed by atoms with E-state index in [0.717, 1.165) is 11.1 Å². The maximum Gasteiger partial charge on any atom is 0.242 e. The molecule has 2 aromatic rings. The minimum absolute atomic E-state index is 0.230. The fourth-order valence-electron chi connectivity index (χ4n) is 1.82. The molecule has 21 heavy (non-hydrogen) atoms. The van der Waals surface area contributed by atoms with E-state index in [1.54, 1.807) is 36.7 Å². The fourth-order valence-corrected chi connectivity index (χ4v) is 3.85. The van der Waals surface area contributed by atoms with E-state index in [2.05, 4.69) is 31.0 Å². The van der Waals surface area contributed by atoms with Crippen LogP contribution >= 0.6 is 15.9 Å². The normalized spacial score (nSPS) is 11.5. The van der Waals surface area contributed by atoms with Crippen LogP contribution in [0.3, 0.4) is 0 Å². The molecule has 0 unspecified atom stereocenters. The molecule has 0 bridgehead atoms. The standard InChI is InChI=1S/C14H16BrN3O2S/c1-16-9-12-2-3-13(15)14(8-12)21(19,20)18-10-11-4-6-17-7-5-11/h2-8,16,18H,9-10H2,1H3. The van der Waals surface area contributed by atoms with E-state index in [1.807, 2.05) is 13.1 Å². The highest BCUT2D eigenvalue weighted by atomic mass is 79.9. The van der Waals surface area contributed by atoms with E-state index in [9.17, 15) is 8.42 Å². The topological polar surface area (TPSA) is 71.1 Å². The third-order valence-electron chi connectivity index (χ3n) is 2.88. The molecule has 1 aromatic carbocycles. The van der Waals surface area contributed by atoms with Crippen LogP contribution in [0.1, 0.15) is 11.1 Å². The number of benzene rings is 1. The van der Waals surface area contributed by atoms with E-state index in [-0.39, 0.29) is 11.4 Å². The molecular weight excluding hydrogens is 354 g/mol. The SMILES string of the molecule is CNCc1ccc(Br)c(S(=O)(=O)NCc2ccncc2)c1. The van der Waals surface area contributed by atoms with Crippen molar-refractivity contribution >= 4 is 26.0 Å². The number of halogens is 1. The number of hydrogen-bond acceptors (Lipinski definition) is 4. The van der Waals surface area contributed by atoms with Gasteiger partial charge in [-0.1, -0.05) is 6.07 Å². The molecule has 0 atom stereocenters. The first kappa shape index (κ1) is 16.1. The highest BCUT2D eigenvalue weighted by Crippen LogP contribution is 2.23. The smallest absolute Gasteiger partial charge is 0.242 e. The summed E-state index contributed by atoms with van der Waals surface area (Å²) in [5.41, 5.74) is 1.76. The van der Waals surface area contributed by atoms with E-state index in [1.165, 1.54) is 0 Å². The van der Waals surface area contributed by atoms with Crippen LogP contribution in [0.15, 0.2) is 52.1 Å². The highest BCUT2D eigenvalue weighted by molar-refractivity contribution is 9.10. The average molecular weight is 370 g/mol. The molecule has 7 heteroatoms. The van der Waals surface area contributed by atoms with Gasteiger partial charge in [0, 0.05) is 30.0 Å². The molecule has 2 N–H and O–H groups in total. The summed E-state index contributed by atoms with van der Waals surface area (Å²) in [4.78, 5) is 4.14. The lowest BCUT2D eigenvalue weighted by atomic mass is 10.2. The average Bonchev–Trinajstić information content (AvgIpc) is 2.48. The zero-order valence-corrected chi connectivity index (χ0v) is 13.9. The van der Waals surface area contributed by atoms with Gasteiger partial charge < -0.3 is 5.32 Å². The lowest BCUT2D eigenvalue weighted by Crippen LogP contribution is -2.24. The van der Waals surface area contributed by atoms with Crippen LogP contribution in [0.5, 0.6) is 0 Å². The first-order chi connectivity index (χ1) is 10.0. The van der Waals surface area contributed by atoms with Crippen molar-refractivity contribution in [3.8, 4) is 0 Å². The molecular formula is C14H16BrN3O2S. The lowest BCUT2D eigenvalue weighted by molar-refractivity contribution is 0.580. The summed E-state index contributed by atoms with van der Waals surface area (Å²) in [6.07, 6.45) is 3.26. The summed E-state index contributed by atoms with van der Waals surface area (Å²) < 4.78 is 28.0. The van der Waals surface area contributed by atoms with Crippen molar-refractivity contribution in [2.45, 2.75) is 18.0 Å². The first-order valence-electron chi connectivity index (χ1n) is 6.34. The number of sulfonamides is 1. The molecule has 0 aliphatic carbocycles. The monoisotopic (exact) mass is 369 g/mol. The predicted octanol–water partition coefficient (Wildman–Crippen LogP) is 2.04. The van der Waals surface area contributed by atoms with Crippen molar-refractivity contribution in [2.24, 2.45) is 0 Å². The molecule has 0 spiro atoms. The van der Waals surface area contributed by atoms with Gasteiger partial charge in [0.15, 0.2) is 0 Å². The molecule has 0 saturated heterocycles. The Morgan fingerprint density at radius 3 is 2.48 bits per heavy atom. The van der Waals surface area contributed by atoms with Gasteiger partial charge in [-0.2, -0.15) is 0 Å². The summed E-state index contributed by atoms with van der Waals surface area (Å²) in [6, 6.07) is 8.83. The second-order valence-electron chi connectivity index (χ2n) is 4.48. The van der Waals surface area contributed by atoms with Crippen LogP contribution in [-0.2, 0) is 23.1 Å². The largest absolute Gasteiger partial charge is 0.316 e. The number of hydrogen-bond donors (Lipinski definition) is 2. The van der Waals surface area contributed by atoms with Crippen LogP contribution in [0, 0.1) is 0 Å². The van der Waals surface area contributed by atoms with Crippen LogP contribution in [0.4, 0.5) is 0 Å². The van der Waals surface area contributed by atoms with Gasteiger partial charge in [0.2, 0.25) is 10.0 Å². The maximum absolute atomic E-state index is 12.4. The second-order valence-corrected chi connectivity index (χ2v) is 7.06. The van der Waals surface area contributed by atoms with Crippen LogP contribution in [0.2, 0.25) is 0 Å². The zero-order chi connectivity index (χ0) is 15.3. The minimum Gasteiger partial charge on any atom is -0.316 e. The Morgan fingerprint density at radius 1 is 1.10 bits per heavy atom. The molecule has 0 radical (unpaired) electrons. The zero-order valence-electron chi connectivity index (χ0n) is 11.5. The van der Waals surface area contributed by atoms with Gasteiger partial charge in [-0.25, -0.2) is 13.1 Å². The summed E-state index contributed by atoms with van der Waals surface area (Å²) in [5.74, 6) is 0. The minimum atomic E-state index is -3.58. The Bertz CT molecular complexity index is 705. The second kappa shape index (κ2) is 7.13. The molecule has 5 nitrogen and oxygen atoms in total. The number of pyridine rings is 1. The maximum atomic E-state index is 12.4. The van der Waals surface area contributed by atoms with E-state index >= 15 is 0 Å². The Labute approximate surface area is 133 Å². The van der Waals surface area contributed by atoms with Gasteiger partial charge in [0.1, 0.15) is 0 Å². The van der Waals surface area contributed by atoms with Crippen LogP contribution in [-0.4, -0.2) is 20.4 Å². The van der Waals surface area contributed by atoms with Gasteiger partial charge in [-0.15, -0.1) is 0 Å². The number of aromatic nitrogens is 1. The molecule has 0 aliphatic rings. The van der Waals surface area contributed by atoms with E-state index in [0.29, 0.717) is 11.0 Å². The van der Waals surface area contributed by atoms with Crippen molar-refractivity contribution in [2.75, 3.05) is 7.05 Å². The predicted molar refractivity (Wildman–Crippen MR) is 85.2 cm³/mol. The molecule has 2 rings (SSSR count). The highest BCUT2D eigenvalue weighted by Gasteiger charge is 2.17. The van der Waals surface area contributed by atoms with Crippen molar-refractivity contribution in [1.29, 1.82) is 0 Å². The lowest BCUT2D eigenvalue weighted by Gasteiger charge is -2.10. The summed E-state index contributed by atoms with van der Waals surface area (Å²) >= 11 is 3.29. The third kappa shape index (κ3) is 4.34. The van der Waals surface area contributed by atoms with Crippen molar-refractivity contribution in [3.63, 3.8) is 0 Å². The van der Waals surface area contributed by atoms with Gasteiger partial charge in [0.25, 0.3) is 0 Å². The molecule has 0 amide bonds. The Morgan fingerprint density at radius 2 is 1.81 bits per heavy atom. The van der Waals surface area contributed by atoms with Crippen molar-refractivity contribution in [3.05, 3.63) is 58.3 Å². The summed E-state index contributed by atoms with van der Waals surface area (Å²) in [7, 11) is -1.76. The Kier molecular flexibility index (Phi) is 5.46. The van der Waals surface area contributed by atoms with Crippen LogP contribution < -0.4 is 10.0 Å². The van der Waals surface area contributed by atoms with E-state index in [4.69, 9.17) is 0 Å². The third-order valence-corrected chi connectivity index (χ3v) is 5.28. The molecule has 0 aliphatic heterocycles. The summed E-state index contributed by atoms with van der Waals surface area (Å²) in [6.45, 7) is 0.841. The fraction of sp³-hybridized carbons (Fsp3) is 0.214. The first-order valence-corrected chi connectivity index (χ1v) is 8.62. The Balaban J connectivity index is 2.21. The molecule has 1 aromatic heterocycles. The van der Waals surface area contributed by atoms with Crippen molar-refractivity contribution in [1.82, 2.24) is 15.0 Å². The van der Waals surface area contributed by atoms with Gasteiger partial charge in [-0.3, -0.25) is 4.98 Å². The van der Waals surface area contributed by atoms with Crippen LogP contribution in [0.25, 0.3) is 0 Å². The Hall–Kier alpha value is -1.28. The molecule has 112 valence electrons. The molecule has 1 heterocycles. The van der Waals surface area contributed by atoms with Gasteiger partial charge in [0.05, 0.1) is 4.90 Å². The van der Waals surface area contributed by atoms with Gasteiger partial charge >= 0.3 is 0 Å². The number of nitrogens with zero attached hydrogens (tertiary/aromatic N) is 1. The molecule has 0 saturated carbocycles. The number of rotatable bonds is 6. The summed E-state index contributed by atoms with van der Waals surface area (Å²) in [5, 5.41) is 3.00. The van der Waals surface area contributed by atoms with Crippen molar-refractivity contribution < 1.29 is 8.42 Å².